The quantitative estimate of drug-likeness (QED) is 0.182. The zero-order valence-electron chi connectivity index (χ0n) is 19.9. The van der Waals surface area contributed by atoms with Gasteiger partial charge in [-0.3, -0.25) is 0 Å². The molecule has 1 aromatic carbocycles. The van der Waals surface area contributed by atoms with Crippen molar-refractivity contribution in [2.75, 3.05) is 20.3 Å². The topological polar surface area (TPSA) is 57.9 Å². The Kier molecular flexibility index (Phi) is 10.1. The number of aromatic nitrogens is 2. The molecule has 0 aliphatic rings. The lowest BCUT2D eigenvalue weighted by molar-refractivity contribution is 0.213. The van der Waals surface area contributed by atoms with Crippen molar-refractivity contribution in [1.82, 2.24) is 9.55 Å². The Labute approximate surface area is 186 Å². The fourth-order valence-corrected chi connectivity index (χ4v) is 3.62. The molecule has 6 heteroatoms. The molecule has 1 aromatic heterocycles. The summed E-state index contributed by atoms with van der Waals surface area (Å²) in [6.07, 6.45) is 11.4. The van der Waals surface area contributed by atoms with Gasteiger partial charge in [0, 0.05) is 7.05 Å². The van der Waals surface area contributed by atoms with E-state index >= 15 is 0 Å². The van der Waals surface area contributed by atoms with Crippen molar-refractivity contribution in [1.29, 1.82) is 0 Å². The molecule has 0 aliphatic heterocycles. The SMILES string of the molecule is C/C=C/COc1cc(C)c(CCCCCCOc2c(/C(C)=N/OC)ncn2C)c(C)c1. The summed E-state index contributed by atoms with van der Waals surface area (Å²) in [5.41, 5.74) is 5.52. The minimum Gasteiger partial charge on any atom is -0.490 e. The van der Waals surface area contributed by atoms with Crippen LogP contribution in [0, 0.1) is 13.8 Å². The van der Waals surface area contributed by atoms with Crippen molar-refractivity contribution in [3.8, 4) is 11.6 Å². The molecule has 0 saturated heterocycles. The van der Waals surface area contributed by atoms with Crippen LogP contribution in [0.25, 0.3) is 0 Å². The highest BCUT2D eigenvalue weighted by Gasteiger charge is 2.13. The Bertz CT molecular complexity index is 861. The zero-order valence-corrected chi connectivity index (χ0v) is 19.9. The average Bonchev–Trinajstić information content (AvgIpc) is 3.10. The fraction of sp³-hybridized carbons (Fsp3) is 0.520. The molecule has 0 saturated carbocycles. The molecule has 0 amide bonds. The van der Waals surface area contributed by atoms with Gasteiger partial charge in [-0.15, -0.1) is 0 Å². The first-order valence-electron chi connectivity index (χ1n) is 11.0. The second-order valence-electron chi connectivity index (χ2n) is 7.80. The molecule has 31 heavy (non-hydrogen) atoms. The van der Waals surface area contributed by atoms with E-state index in [1.165, 1.54) is 36.6 Å². The van der Waals surface area contributed by atoms with Crippen molar-refractivity contribution in [2.45, 2.75) is 59.8 Å². The predicted molar refractivity (Wildman–Crippen MR) is 126 cm³/mol. The number of benzene rings is 1. The number of ether oxygens (including phenoxy) is 2. The van der Waals surface area contributed by atoms with Crippen LogP contribution >= 0.6 is 0 Å². The first kappa shape index (κ1) is 24.5. The molecule has 0 unspecified atom stereocenters. The minimum absolute atomic E-state index is 0.621. The minimum atomic E-state index is 0.621. The number of nitrogens with zero attached hydrogens (tertiary/aromatic N) is 3. The summed E-state index contributed by atoms with van der Waals surface area (Å²) in [6, 6.07) is 4.31. The molecule has 2 rings (SSSR count). The molecule has 0 aliphatic carbocycles. The first-order chi connectivity index (χ1) is 15.0. The molecule has 170 valence electrons. The van der Waals surface area contributed by atoms with Gasteiger partial charge in [-0.1, -0.05) is 30.1 Å². The molecule has 0 atom stereocenters. The highest BCUT2D eigenvalue weighted by molar-refractivity contribution is 5.98. The average molecular weight is 428 g/mol. The maximum absolute atomic E-state index is 5.98. The summed E-state index contributed by atoms with van der Waals surface area (Å²) in [4.78, 5) is 9.20. The van der Waals surface area contributed by atoms with Gasteiger partial charge in [0.2, 0.25) is 5.88 Å². The van der Waals surface area contributed by atoms with E-state index in [2.05, 4.69) is 36.1 Å². The van der Waals surface area contributed by atoms with Gasteiger partial charge < -0.3 is 18.9 Å². The molecule has 2 aromatic rings. The molecule has 0 N–H and O–H groups in total. The smallest absolute Gasteiger partial charge is 0.223 e. The summed E-state index contributed by atoms with van der Waals surface area (Å²) in [5.74, 6) is 1.69. The van der Waals surface area contributed by atoms with Crippen molar-refractivity contribution in [3.05, 3.63) is 53.0 Å². The second-order valence-corrected chi connectivity index (χ2v) is 7.80. The van der Waals surface area contributed by atoms with E-state index in [-0.39, 0.29) is 0 Å². The van der Waals surface area contributed by atoms with E-state index in [0.29, 0.717) is 18.9 Å². The van der Waals surface area contributed by atoms with E-state index in [4.69, 9.17) is 14.3 Å². The first-order valence-corrected chi connectivity index (χ1v) is 11.0. The number of allylic oxidation sites excluding steroid dienone is 1. The molecule has 0 fully saturated rings. The van der Waals surface area contributed by atoms with Crippen LogP contribution in [0.15, 0.2) is 35.8 Å². The van der Waals surface area contributed by atoms with Gasteiger partial charge in [0.1, 0.15) is 30.9 Å². The van der Waals surface area contributed by atoms with E-state index < -0.39 is 0 Å². The van der Waals surface area contributed by atoms with Crippen LogP contribution in [0.1, 0.15) is 61.9 Å². The van der Waals surface area contributed by atoms with Gasteiger partial charge >= 0.3 is 0 Å². The van der Waals surface area contributed by atoms with Crippen LogP contribution in [0.4, 0.5) is 0 Å². The monoisotopic (exact) mass is 427 g/mol. The molecular weight excluding hydrogens is 390 g/mol. The van der Waals surface area contributed by atoms with Crippen LogP contribution in [0.5, 0.6) is 11.6 Å². The van der Waals surface area contributed by atoms with E-state index in [1.54, 1.807) is 6.33 Å². The third kappa shape index (κ3) is 7.46. The molecule has 0 bridgehead atoms. The number of rotatable bonds is 13. The zero-order chi connectivity index (χ0) is 22.6. The maximum Gasteiger partial charge on any atom is 0.223 e. The number of hydrogen-bond acceptors (Lipinski definition) is 5. The van der Waals surface area contributed by atoms with Crippen LogP contribution in [0.2, 0.25) is 0 Å². The Balaban J connectivity index is 1.74. The van der Waals surface area contributed by atoms with Gasteiger partial charge in [0.25, 0.3) is 0 Å². The van der Waals surface area contributed by atoms with E-state index in [1.807, 2.05) is 37.6 Å². The third-order valence-corrected chi connectivity index (χ3v) is 5.27. The van der Waals surface area contributed by atoms with Gasteiger partial charge in [-0.2, -0.15) is 0 Å². The molecule has 1 heterocycles. The predicted octanol–water partition coefficient (Wildman–Crippen LogP) is 5.54. The second kappa shape index (κ2) is 12.8. The van der Waals surface area contributed by atoms with Crippen LogP contribution in [-0.2, 0) is 18.3 Å². The maximum atomic E-state index is 5.98. The Morgan fingerprint density at radius 3 is 2.48 bits per heavy atom. The van der Waals surface area contributed by atoms with Crippen LogP contribution < -0.4 is 9.47 Å². The summed E-state index contributed by atoms with van der Waals surface area (Å²) in [7, 11) is 3.46. The summed E-state index contributed by atoms with van der Waals surface area (Å²) >= 11 is 0. The van der Waals surface area contributed by atoms with Gasteiger partial charge in [-0.05, 0) is 75.8 Å². The van der Waals surface area contributed by atoms with Gasteiger partial charge in [-0.25, -0.2) is 4.98 Å². The Morgan fingerprint density at radius 1 is 1.10 bits per heavy atom. The van der Waals surface area contributed by atoms with Crippen molar-refractivity contribution in [3.63, 3.8) is 0 Å². The normalized spacial score (nSPS) is 11.9. The lowest BCUT2D eigenvalue weighted by Gasteiger charge is -2.13. The number of aryl methyl sites for hydroxylation is 3. The summed E-state index contributed by atoms with van der Waals surface area (Å²) in [6.45, 7) is 9.52. The molecule has 0 radical (unpaired) electrons. The number of oxime groups is 1. The number of imidazole rings is 1. The van der Waals surface area contributed by atoms with Crippen molar-refractivity contribution >= 4 is 5.71 Å². The standard InChI is InChI=1S/C25H37N3O3/c1-7-8-14-30-22-16-19(2)23(20(3)17-22)13-11-9-10-12-15-31-25-24(21(4)27-29-6)26-18-28(25)5/h7-8,16-18H,9-15H2,1-6H3/b8-7+,27-21+. The lowest BCUT2D eigenvalue weighted by atomic mass is 9.97. The highest BCUT2D eigenvalue weighted by Crippen LogP contribution is 2.24. The lowest BCUT2D eigenvalue weighted by Crippen LogP contribution is -2.06. The molecule has 0 spiro atoms. The largest absolute Gasteiger partial charge is 0.490 e. The molecule has 6 nitrogen and oxygen atoms in total. The molecular formula is C25H37N3O3. The number of hydrogen-bond donors (Lipinski definition) is 0. The van der Waals surface area contributed by atoms with Gasteiger partial charge in [0.15, 0.2) is 0 Å². The Hall–Kier alpha value is -2.76. The van der Waals surface area contributed by atoms with Crippen molar-refractivity contribution < 1.29 is 14.3 Å². The number of unbranched alkanes of at least 4 members (excludes halogenated alkanes) is 3. The highest BCUT2D eigenvalue weighted by atomic mass is 16.6. The van der Waals surface area contributed by atoms with Crippen LogP contribution in [-0.4, -0.2) is 35.6 Å². The van der Waals surface area contributed by atoms with Crippen molar-refractivity contribution in [2.24, 2.45) is 12.2 Å². The van der Waals surface area contributed by atoms with Gasteiger partial charge in [0.05, 0.1) is 12.9 Å². The third-order valence-electron chi connectivity index (χ3n) is 5.27. The van der Waals surface area contributed by atoms with Crippen LogP contribution in [0.3, 0.4) is 0 Å². The summed E-state index contributed by atoms with van der Waals surface area (Å²) < 4.78 is 13.6. The van der Waals surface area contributed by atoms with E-state index in [0.717, 1.165) is 36.6 Å². The summed E-state index contributed by atoms with van der Waals surface area (Å²) in [5, 5.41) is 3.95. The fourth-order valence-electron chi connectivity index (χ4n) is 3.62. The van der Waals surface area contributed by atoms with E-state index in [9.17, 15) is 0 Å². The Morgan fingerprint density at radius 2 is 1.81 bits per heavy atom.